The predicted octanol–water partition coefficient (Wildman–Crippen LogP) is -0.262. The van der Waals surface area contributed by atoms with E-state index in [9.17, 15) is 14.4 Å². The summed E-state index contributed by atoms with van der Waals surface area (Å²) in [6, 6.07) is 9.53. The highest BCUT2D eigenvalue weighted by atomic mass is 16.5. The van der Waals surface area contributed by atoms with Gasteiger partial charge in [0, 0.05) is 52.2 Å². The molecule has 2 aliphatic rings. The molecule has 1 N–H and O–H groups in total. The molecule has 3 amide bonds. The second-order valence-electron chi connectivity index (χ2n) is 7.41. The van der Waals surface area contributed by atoms with Gasteiger partial charge >= 0.3 is 0 Å². The Labute approximate surface area is 171 Å². The van der Waals surface area contributed by atoms with Crippen LogP contribution in [-0.2, 0) is 25.5 Å². The summed E-state index contributed by atoms with van der Waals surface area (Å²) in [4.78, 5) is 42.5. The molecule has 0 atom stereocenters. The van der Waals surface area contributed by atoms with Crippen LogP contribution in [0, 0.1) is 0 Å². The van der Waals surface area contributed by atoms with Gasteiger partial charge in [0.2, 0.25) is 17.7 Å². The van der Waals surface area contributed by atoms with E-state index in [0.717, 1.165) is 18.7 Å². The standard InChI is InChI=1S/C21H30N4O4/c26-19(16-18-4-2-1-3-5-18)22-7-6-20(27)24-8-10-25(11-9-24)21(28)17-23-12-14-29-15-13-23/h1-5H,6-17H2,(H,22,26). The first-order chi connectivity index (χ1) is 14.1. The van der Waals surface area contributed by atoms with E-state index in [-0.39, 0.29) is 24.1 Å². The van der Waals surface area contributed by atoms with Crippen LogP contribution in [0.2, 0.25) is 0 Å². The average molecular weight is 402 g/mol. The van der Waals surface area contributed by atoms with Crippen LogP contribution in [0.1, 0.15) is 12.0 Å². The van der Waals surface area contributed by atoms with Gasteiger partial charge in [0.15, 0.2) is 0 Å². The third-order valence-corrected chi connectivity index (χ3v) is 5.32. The summed E-state index contributed by atoms with van der Waals surface area (Å²) in [7, 11) is 0. The summed E-state index contributed by atoms with van der Waals surface area (Å²) < 4.78 is 5.31. The molecule has 2 aliphatic heterocycles. The van der Waals surface area contributed by atoms with Gasteiger partial charge < -0.3 is 19.9 Å². The highest BCUT2D eigenvalue weighted by Crippen LogP contribution is 2.06. The van der Waals surface area contributed by atoms with Crippen molar-refractivity contribution in [3.8, 4) is 0 Å². The van der Waals surface area contributed by atoms with Gasteiger partial charge in [-0.3, -0.25) is 19.3 Å². The molecule has 2 saturated heterocycles. The fourth-order valence-electron chi connectivity index (χ4n) is 3.57. The summed E-state index contributed by atoms with van der Waals surface area (Å²) in [6.07, 6.45) is 0.598. The Hall–Kier alpha value is -2.45. The second-order valence-corrected chi connectivity index (χ2v) is 7.41. The SMILES string of the molecule is O=C(Cc1ccccc1)NCCC(=O)N1CCN(C(=O)CN2CCOCC2)CC1. The van der Waals surface area contributed by atoms with E-state index in [1.807, 2.05) is 35.2 Å². The molecule has 0 bridgehead atoms. The van der Waals surface area contributed by atoms with Gasteiger partial charge in [0.05, 0.1) is 26.2 Å². The Morgan fingerprint density at radius 1 is 0.862 bits per heavy atom. The minimum atomic E-state index is -0.0810. The van der Waals surface area contributed by atoms with E-state index in [1.54, 1.807) is 4.90 Å². The van der Waals surface area contributed by atoms with Crippen LogP contribution in [0.5, 0.6) is 0 Å². The van der Waals surface area contributed by atoms with Crippen molar-refractivity contribution in [3.63, 3.8) is 0 Å². The van der Waals surface area contributed by atoms with Crippen molar-refractivity contribution in [3.05, 3.63) is 35.9 Å². The van der Waals surface area contributed by atoms with Gasteiger partial charge in [0.1, 0.15) is 0 Å². The zero-order valence-electron chi connectivity index (χ0n) is 16.8. The van der Waals surface area contributed by atoms with E-state index in [2.05, 4.69) is 10.2 Å². The minimum absolute atomic E-state index is 0.0188. The van der Waals surface area contributed by atoms with E-state index in [1.165, 1.54) is 0 Å². The lowest BCUT2D eigenvalue weighted by molar-refractivity contribution is -0.140. The minimum Gasteiger partial charge on any atom is -0.379 e. The van der Waals surface area contributed by atoms with E-state index < -0.39 is 0 Å². The first-order valence-corrected chi connectivity index (χ1v) is 10.3. The number of amides is 3. The van der Waals surface area contributed by atoms with Crippen molar-refractivity contribution in [2.75, 3.05) is 65.6 Å². The Balaban J connectivity index is 1.31. The van der Waals surface area contributed by atoms with Crippen LogP contribution in [0.4, 0.5) is 0 Å². The third kappa shape index (κ3) is 6.83. The third-order valence-electron chi connectivity index (χ3n) is 5.32. The number of piperazine rings is 1. The molecule has 158 valence electrons. The highest BCUT2D eigenvalue weighted by Gasteiger charge is 2.25. The summed E-state index contributed by atoms with van der Waals surface area (Å²) in [6.45, 7) is 5.92. The van der Waals surface area contributed by atoms with Crippen molar-refractivity contribution in [1.29, 1.82) is 0 Å². The van der Waals surface area contributed by atoms with Gasteiger partial charge in [-0.1, -0.05) is 30.3 Å². The van der Waals surface area contributed by atoms with Gasteiger partial charge in [-0.05, 0) is 5.56 Å². The molecular weight excluding hydrogens is 372 g/mol. The predicted molar refractivity (Wildman–Crippen MR) is 108 cm³/mol. The number of hydrogen-bond donors (Lipinski definition) is 1. The van der Waals surface area contributed by atoms with Crippen LogP contribution < -0.4 is 5.32 Å². The molecule has 0 unspecified atom stereocenters. The molecule has 8 heteroatoms. The average Bonchev–Trinajstić information content (AvgIpc) is 2.75. The topological polar surface area (TPSA) is 82.2 Å². The van der Waals surface area contributed by atoms with E-state index in [0.29, 0.717) is 58.9 Å². The Bertz CT molecular complexity index is 683. The number of nitrogens with zero attached hydrogens (tertiary/aromatic N) is 3. The molecule has 0 aromatic heterocycles. The van der Waals surface area contributed by atoms with Crippen molar-refractivity contribution in [2.24, 2.45) is 0 Å². The number of ether oxygens (including phenoxy) is 1. The molecule has 1 aromatic rings. The van der Waals surface area contributed by atoms with Gasteiger partial charge in [-0.15, -0.1) is 0 Å². The number of carbonyl (C=O) groups is 3. The lowest BCUT2D eigenvalue weighted by Crippen LogP contribution is -2.53. The van der Waals surface area contributed by atoms with Crippen molar-refractivity contribution in [2.45, 2.75) is 12.8 Å². The molecule has 0 spiro atoms. The zero-order chi connectivity index (χ0) is 20.5. The fraction of sp³-hybridized carbons (Fsp3) is 0.571. The zero-order valence-corrected chi connectivity index (χ0v) is 16.8. The first kappa shape index (κ1) is 21.3. The largest absolute Gasteiger partial charge is 0.379 e. The van der Waals surface area contributed by atoms with Crippen LogP contribution in [-0.4, -0.2) is 98.0 Å². The summed E-state index contributed by atoms with van der Waals surface area (Å²) in [5.41, 5.74) is 0.953. The quantitative estimate of drug-likeness (QED) is 0.680. The molecule has 2 fully saturated rings. The maximum Gasteiger partial charge on any atom is 0.236 e. The van der Waals surface area contributed by atoms with Crippen molar-refractivity contribution < 1.29 is 19.1 Å². The summed E-state index contributed by atoms with van der Waals surface area (Å²) in [5.74, 6) is 0.0555. The molecule has 3 rings (SSSR count). The van der Waals surface area contributed by atoms with Crippen LogP contribution >= 0.6 is 0 Å². The van der Waals surface area contributed by atoms with E-state index in [4.69, 9.17) is 4.74 Å². The normalized spacial score (nSPS) is 17.8. The number of hydrogen-bond acceptors (Lipinski definition) is 5. The van der Waals surface area contributed by atoms with Crippen LogP contribution in [0.15, 0.2) is 30.3 Å². The number of carbonyl (C=O) groups excluding carboxylic acids is 3. The molecule has 2 heterocycles. The molecule has 0 saturated carbocycles. The number of nitrogens with one attached hydrogen (secondary N) is 1. The van der Waals surface area contributed by atoms with Crippen molar-refractivity contribution >= 4 is 17.7 Å². The Morgan fingerprint density at radius 2 is 1.48 bits per heavy atom. The molecule has 0 radical (unpaired) electrons. The fourth-order valence-corrected chi connectivity index (χ4v) is 3.57. The maximum atomic E-state index is 12.4. The van der Waals surface area contributed by atoms with Crippen LogP contribution in [0.3, 0.4) is 0 Å². The van der Waals surface area contributed by atoms with E-state index >= 15 is 0 Å². The monoisotopic (exact) mass is 402 g/mol. The van der Waals surface area contributed by atoms with Gasteiger partial charge in [-0.25, -0.2) is 0 Å². The second kappa shape index (κ2) is 10.9. The molecule has 29 heavy (non-hydrogen) atoms. The summed E-state index contributed by atoms with van der Waals surface area (Å²) >= 11 is 0. The van der Waals surface area contributed by atoms with Gasteiger partial charge in [0.25, 0.3) is 0 Å². The molecular formula is C21H30N4O4. The first-order valence-electron chi connectivity index (χ1n) is 10.3. The number of benzene rings is 1. The summed E-state index contributed by atoms with van der Waals surface area (Å²) in [5, 5.41) is 2.81. The Kier molecular flexibility index (Phi) is 8.01. The van der Waals surface area contributed by atoms with Gasteiger partial charge in [-0.2, -0.15) is 0 Å². The molecule has 1 aromatic carbocycles. The maximum absolute atomic E-state index is 12.4. The number of rotatable bonds is 7. The molecule has 0 aliphatic carbocycles. The lowest BCUT2D eigenvalue weighted by atomic mass is 10.1. The highest BCUT2D eigenvalue weighted by molar-refractivity contribution is 5.81. The van der Waals surface area contributed by atoms with Crippen molar-refractivity contribution in [1.82, 2.24) is 20.0 Å². The smallest absolute Gasteiger partial charge is 0.236 e. The lowest BCUT2D eigenvalue weighted by Gasteiger charge is -2.36. The Morgan fingerprint density at radius 3 is 2.14 bits per heavy atom. The van der Waals surface area contributed by atoms with Crippen LogP contribution in [0.25, 0.3) is 0 Å². The molecule has 8 nitrogen and oxygen atoms in total. The number of morpholine rings is 1.